The van der Waals surface area contributed by atoms with Crippen LogP contribution in [0.2, 0.25) is 0 Å². The van der Waals surface area contributed by atoms with Gasteiger partial charge in [0.15, 0.2) is 5.69 Å². The van der Waals surface area contributed by atoms with Crippen molar-refractivity contribution in [3.05, 3.63) is 46.5 Å². The molecular weight excluding hydrogens is 352 g/mol. The fraction of sp³-hybridized carbons (Fsp3) is 0.444. The Morgan fingerprint density at radius 2 is 2.04 bits per heavy atom. The normalized spacial score (nSPS) is 25.2. The molecular formula is C18H18N4O3S. The number of hydrogen-bond acceptors (Lipinski definition) is 6. The molecule has 2 aromatic rings. The van der Waals surface area contributed by atoms with Crippen LogP contribution in [0.25, 0.3) is 0 Å². The first-order valence-electron chi connectivity index (χ1n) is 8.85. The molecule has 2 saturated heterocycles. The molecule has 1 aliphatic carbocycles. The van der Waals surface area contributed by atoms with Gasteiger partial charge in [0.25, 0.3) is 5.91 Å². The van der Waals surface area contributed by atoms with Crippen molar-refractivity contribution in [3.8, 4) is 0 Å². The first kappa shape index (κ1) is 15.7. The summed E-state index contributed by atoms with van der Waals surface area (Å²) in [4.78, 5) is 28.6. The maximum atomic E-state index is 12.5. The van der Waals surface area contributed by atoms with E-state index in [4.69, 9.17) is 4.74 Å². The molecule has 26 heavy (non-hydrogen) atoms. The van der Waals surface area contributed by atoms with Crippen LogP contribution in [-0.4, -0.2) is 56.6 Å². The van der Waals surface area contributed by atoms with Crippen LogP contribution < -0.4 is 0 Å². The summed E-state index contributed by atoms with van der Waals surface area (Å²) in [6.45, 7) is 1.23. The topological polar surface area (TPSA) is 75.6 Å². The number of benzene rings is 1. The minimum absolute atomic E-state index is 0.00805. The smallest absolute Gasteiger partial charge is 0.411 e. The fourth-order valence-corrected chi connectivity index (χ4v) is 4.85. The highest BCUT2D eigenvalue weighted by atomic mass is 32.1. The van der Waals surface area contributed by atoms with Crippen LogP contribution in [0.4, 0.5) is 4.79 Å². The molecule has 134 valence electrons. The van der Waals surface area contributed by atoms with E-state index in [2.05, 4.69) is 21.7 Å². The quantitative estimate of drug-likeness (QED) is 0.811. The molecule has 7 nitrogen and oxygen atoms in total. The van der Waals surface area contributed by atoms with Crippen LogP contribution in [-0.2, 0) is 11.2 Å². The van der Waals surface area contributed by atoms with Gasteiger partial charge in [0.05, 0.1) is 6.04 Å². The number of amides is 2. The molecule has 0 radical (unpaired) electrons. The van der Waals surface area contributed by atoms with E-state index in [9.17, 15) is 9.59 Å². The molecule has 1 aromatic heterocycles. The van der Waals surface area contributed by atoms with Gasteiger partial charge in [-0.25, -0.2) is 4.79 Å². The molecule has 0 N–H and O–H groups in total. The van der Waals surface area contributed by atoms with E-state index in [1.165, 1.54) is 22.7 Å². The van der Waals surface area contributed by atoms with Gasteiger partial charge in [-0.2, -0.15) is 0 Å². The second-order valence-electron chi connectivity index (χ2n) is 6.99. The highest BCUT2D eigenvalue weighted by Crippen LogP contribution is 2.44. The minimum atomic E-state index is -0.219. The maximum Gasteiger partial charge on any atom is 0.411 e. The summed E-state index contributed by atoms with van der Waals surface area (Å²) in [7, 11) is 0. The Morgan fingerprint density at radius 1 is 1.23 bits per heavy atom. The van der Waals surface area contributed by atoms with E-state index in [1.807, 2.05) is 17.0 Å². The lowest BCUT2D eigenvalue weighted by Gasteiger charge is -2.37. The van der Waals surface area contributed by atoms with Gasteiger partial charge in [-0.05, 0) is 35.5 Å². The van der Waals surface area contributed by atoms with Gasteiger partial charge in [-0.1, -0.05) is 28.8 Å². The molecule has 3 heterocycles. The third kappa shape index (κ3) is 2.39. The number of rotatable bonds is 2. The van der Waals surface area contributed by atoms with Crippen molar-refractivity contribution >= 4 is 23.5 Å². The monoisotopic (exact) mass is 370 g/mol. The van der Waals surface area contributed by atoms with E-state index in [0.29, 0.717) is 18.8 Å². The molecule has 1 aromatic carbocycles. The first-order chi connectivity index (χ1) is 12.7. The Kier molecular flexibility index (Phi) is 3.66. The molecule has 5 rings (SSSR count). The average Bonchev–Trinajstić information content (AvgIpc) is 3.37. The molecule has 0 spiro atoms. The van der Waals surface area contributed by atoms with Gasteiger partial charge in [0.2, 0.25) is 0 Å². The summed E-state index contributed by atoms with van der Waals surface area (Å²) >= 11 is 1.18. The van der Waals surface area contributed by atoms with Gasteiger partial charge < -0.3 is 9.64 Å². The third-order valence-corrected chi connectivity index (χ3v) is 6.14. The zero-order chi connectivity index (χ0) is 17.7. The zero-order valence-corrected chi connectivity index (χ0v) is 14.9. The van der Waals surface area contributed by atoms with Crippen molar-refractivity contribution in [2.24, 2.45) is 0 Å². The van der Waals surface area contributed by atoms with E-state index in [1.54, 1.807) is 10.3 Å². The second kappa shape index (κ2) is 6.05. The predicted molar refractivity (Wildman–Crippen MR) is 93.8 cm³/mol. The Morgan fingerprint density at radius 3 is 2.81 bits per heavy atom. The molecule has 2 amide bonds. The van der Waals surface area contributed by atoms with Gasteiger partial charge in [-0.15, -0.1) is 5.10 Å². The molecule has 0 bridgehead atoms. The standard InChI is InChI=1S/C18H18N4O3S/c23-17(14-10-26-20-19-14)21-7-5-12(6-8-21)22-16-13-4-2-1-3-11(13)9-15(16)25-18(22)24/h1-4,10,12,15-16H,5-9H2/t15-,16+/m1/s1. The molecule has 8 heteroatoms. The number of carbonyl (C=O) groups is 2. The van der Waals surface area contributed by atoms with Crippen LogP contribution >= 0.6 is 11.5 Å². The lowest BCUT2D eigenvalue weighted by molar-refractivity contribution is 0.0630. The highest BCUT2D eigenvalue weighted by Gasteiger charge is 2.50. The largest absolute Gasteiger partial charge is 0.443 e. The van der Waals surface area contributed by atoms with Gasteiger partial charge in [0, 0.05) is 30.9 Å². The third-order valence-electron chi connectivity index (χ3n) is 5.63. The Bertz CT molecular complexity index is 848. The zero-order valence-electron chi connectivity index (χ0n) is 14.1. The number of carbonyl (C=O) groups excluding carboxylic acids is 2. The van der Waals surface area contributed by atoms with Gasteiger partial charge in [-0.3, -0.25) is 9.69 Å². The lowest BCUT2D eigenvalue weighted by atomic mass is 9.99. The van der Waals surface area contributed by atoms with E-state index >= 15 is 0 Å². The Hall–Kier alpha value is -2.48. The van der Waals surface area contributed by atoms with Crippen molar-refractivity contribution in [1.82, 2.24) is 19.4 Å². The number of piperidine rings is 1. The highest BCUT2D eigenvalue weighted by molar-refractivity contribution is 7.03. The fourth-order valence-electron chi connectivity index (χ4n) is 4.42. The molecule has 3 aliphatic rings. The van der Waals surface area contributed by atoms with Crippen molar-refractivity contribution in [3.63, 3.8) is 0 Å². The number of fused-ring (bicyclic) bond motifs is 3. The van der Waals surface area contributed by atoms with E-state index < -0.39 is 0 Å². The number of aromatic nitrogens is 2. The Labute approximate surface area is 154 Å². The summed E-state index contributed by atoms with van der Waals surface area (Å²) in [6.07, 6.45) is 1.99. The van der Waals surface area contributed by atoms with Crippen molar-refractivity contribution < 1.29 is 14.3 Å². The number of hydrogen-bond donors (Lipinski definition) is 0. The first-order valence-corrected chi connectivity index (χ1v) is 9.69. The number of nitrogens with zero attached hydrogens (tertiary/aromatic N) is 4. The molecule has 2 fully saturated rings. The maximum absolute atomic E-state index is 12.5. The molecule has 2 aliphatic heterocycles. The molecule has 2 atom stereocenters. The summed E-state index contributed by atoms with van der Waals surface area (Å²) in [5.74, 6) is -0.0784. The molecule has 0 saturated carbocycles. The van der Waals surface area contributed by atoms with Gasteiger partial charge in [0.1, 0.15) is 6.10 Å². The number of likely N-dealkylation sites (tertiary alicyclic amines) is 1. The number of ether oxygens (including phenoxy) is 1. The Balaban J connectivity index is 1.32. The van der Waals surface area contributed by atoms with Crippen LogP contribution in [0.1, 0.15) is 40.5 Å². The minimum Gasteiger partial charge on any atom is -0.443 e. The predicted octanol–water partition coefficient (Wildman–Crippen LogP) is 2.26. The van der Waals surface area contributed by atoms with Crippen LogP contribution in [0.15, 0.2) is 29.6 Å². The summed E-state index contributed by atoms with van der Waals surface area (Å²) in [6, 6.07) is 8.37. The second-order valence-corrected chi connectivity index (χ2v) is 7.60. The summed E-state index contributed by atoms with van der Waals surface area (Å²) < 4.78 is 9.41. The molecule has 0 unspecified atom stereocenters. The lowest BCUT2D eigenvalue weighted by Crippen LogP contribution is -2.47. The van der Waals surface area contributed by atoms with E-state index in [-0.39, 0.29) is 30.2 Å². The van der Waals surface area contributed by atoms with E-state index in [0.717, 1.165) is 19.3 Å². The van der Waals surface area contributed by atoms with Crippen molar-refractivity contribution in [2.75, 3.05) is 13.1 Å². The summed E-state index contributed by atoms with van der Waals surface area (Å²) in [5, 5.41) is 5.53. The van der Waals surface area contributed by atoms with Crippen molar-refractivity contribution in [2.45, 2.75) is 37.5 Å². The van der Waals surface area contributed by atoms with Crippen molar-refractivity contribution in [1.29, 1.82) is 0 Å². The average molecular weight is 370 g/mol. The van der Waals surface area contributed by atoms with Crippen LogP contribution in [0.5, 0.6) is 0 Å². The van der Waals surface area contributed by atoms with Crippen LogP contribution in [0, 0.1) is 0 Å². The van der Waals surface area contributed by atoms with Gasteiger partial charge >= 0.3 is 6.09 Å². The summed E-state index contributed by atoms with van der Waals surface area (Å²) in [5.41, 5.74) is 2.87. The van der Waals surface area contributed by atoms with Crippen LogP contribution in [0.3, 0.4) is 0 Å². The SMILES string of the molecule is O=C(c1csnn1)N1CCC(N2C(=O)O[C@@H]3Cc4ccccc4[C@@H]32)CC1.